The molecule has 1 aliphatic carbocycles. The minimum Gasteiger partial charge on any atom is -0.492 e. The molecule has 2 aliphatic rings. The average molecular weight is 915 g/mol. The molecule has 6 rings (SSSR count). The molecule has 0 spiro atoms. The summed E-state index contributed by atoms with van der Waals surface area (Å²) in [5.41, 5.74) is 21.8. The fraction of sp³-hybridized carbons (Fsp3) is 0.451. The third-order valence-electron chi connectivity index (χ3n) is 12.3. The van der Waals surface area contributed by atoms with Crippen LogP contribution in [0.4, 0.5) is 0 Å². The molecule has 1 saturated carbocycles. The normalized spacial score (nSPS) is 18.1. The monoisotopic (exact) mass is 914 g/mol. The van der Waals surface area contributed by atoms with Gasteiger partial charge in [0.1, 0.15) is 42.1 Å². The van der Waals surface area contributed by atoms with Crippen molar-refractivity contribution in [1.82, 2.24) is 20.2 Å². The number of hydrogen-bond acceptors (Lipinski definition) is 14. The fourth-order valence-corrected chi connectivity index (χ4v) is 8.45. The van der Waals surface area contributed by atoms with Crippen LogP contribution in [0.1, 0.15) is 97.7 Å². The Kier molecular flexibility index (Phi) is 16.6. The number of carbonyl (C=O) groups excluding carboxylic acids is 5. The maximum Gasteiger partial charge on any atom is 0.226 e. The van der Waals surface area contributed by atoms with E-state index in [1.165, 1.54) is 11.9 Å². The molecule has 7 N–H and O–H groups in total. The highest BCUT2D eigenvalue weighted by Crippen LogP contribution is 2.42. The topological polar surface area (TPSA) is 256 Å². The van der Waals surface area contributed by atoms with E-state index in [-0.39, 0.29) is 88.5 Å². The van der Waals surface area contributed by atoms with Gasteiger partial charge >= 0.3 is 0 Å². The summed E-state index contributed by atoms with van der Waals surface area (Å²) in [5.74, 6) is -2.00. The summed E-state index contributed by atoms with van der Waals surface area (Å²) in [7, 11) is 1.50. The molecule has 0 saturated heterocycles. The van der Waals surface area contributed by atoms with Gasteiger partial charge in [0.15, 0.2) is 23.2 Å². The summed E-state index contributed by atoms with van der Waals surface area (Å²) in [5, 5.41) is 12.1. The van der Waals surface area contributed by atoms with Crippen LogP contribution in [-0.2, 0) is 25.6 Å². The van der Waals surface area contributed by atoms with Gasteiger partial charge < -0.3 is 41.6 Å². The number of fused-ring (bicyclic) bond motifs is 5. The van der Waals surface area contributed by atoms with Crippen LogP contribution >= 0.6 is 0 Å². The molecule has 354 valence electrons. The van der Waals surface area contributed by atoms with Gasteiger partial charge in [-0.15, -0.1) is 0 Å². The SMILES string of the molecule is Cc1nc(-c2ccc(OC3(C)CC3)cc2)nc(C)c1C(=O)C[C@@H](CCN)C(=O)N(C)[C@@H]1C(=O)C[C@@H](C)C(=O)N[C@H](C(=O)CCC#N)Cc2ccc(OCCN)c(c2)-c2cc1ccc2OCCN. The number of nitriles is 1. The predicted octanol–water partition coefficient (Wildman–Crippen LogP) is 5.28. The number of aryl methyl sites for hydroxylation is 2. The van der Waals surface area contributed by atoms with E-state index in [0.29, 0.717) is 56.5 Å². The highest BCUT2D eigenvalue weighted by Gasteiger charge is 2.40. The number of ether oxygens (including phenoxy) is 3. The Morgan fingerprint density at radius 2 is 1.52 bits per heavy atom. The maximum atomic E-state index is 14.8. The number of amides is 2. The average Bonchev–Trinajstić information content (AvgIpc) is 4.04. The zero-order chi connectivity index (χ0) is 48.4. The van der Waals surface area contributed by atoms with Crippen LogP contribution in [0.5, 0.6) is 17.2 Å². The van der Waals surface area contributed by atoms with E-state index in [2.05, 4.69) is 12.2 Å². The highest BCUT2D eigenvalue weighted by molar-refractivity contribution is 6.01. The molecule has 4 atom stereocenters. The van der Waals surface area contributed by atoms with Gasteiger partial charge in [-0.25, -0.2) is 9.97 Å². The first-order valence-electron chi connectivity index (χ1n) is 22.9. The van der Waals surface area contributed by atoms with Crippen molar-refractivity contribution in [3.63, 3.8) is 0 Å². The summed E-state index contributed by atoms with van der Waals surface area (Å²) in [6, 6.07) is 17.8. The van der Waals surface area contributed by atoms with E-state index in [0.717, 1.165) is 24.2 Å². The number of hydrogen-bond donors (Lipinski definition) is 4. The lowest BCUT2D eigenvalue weighted by atomic mass is 9.88. The standard InChI is InChI=1S/C51H62N8O8/c1-30-25-43(62)47(59(5)50(64)36(16-20-53)29-42(61)46-31(2)56-48(57-32(46)3)34-9-12-37(13-10-34)67-51(4)17-18-51)35-11-15-45(66-24-22-55)39(28-35)38-26-33(8-14-44(38)65-23-21-54)27-40(58-49(30)63)41(60)7-6-19-52/h8-15,26,28,30,36,40,47H,6-7,16-18,20-25,27,29,53-55H2,1-5H3,(H,58,63)/t30-,36-,40+,47+/m1/s1. The molecule has 4 bridgehead atoms. The largest absolute Gasteiger partial charge is 0.492 e. The van der Waals surface area contributed by atoms with Crippen molar-refractivity contribution in [3.05, 3.63) is 88.7 Å². The molecule has 67 heavy (non-hydrogen) atoms. The molecule has 16 nitrogen and oxygen atoms in total. The van der Waals surface area contributed by atoms with E-state index in [1.54, 1.807) is 51.1 Å². The third kappa shape index (κ3) is 12.3. The number of likely N-dealkylation sites (N-methyl/N-ethyl adjacent to an activating group) is 1. The lowest BCUT2D eigenvalue weighted by molar-refractivity contribution is -0.142. The van der Waals surface area contributed by atoms with Gasteiger partial charge in [-0.1, -0.05) is 19.1 Å². The van der Waals surface area contributed by atoms with Crippen molar-refractivity contribution >= 4 is 29.2 Å². The van der Waals surface area contributed by atoms with Gasteiger partial charge in [0.05, 0.1) is 29.1 Å². The first-order chi connectivity index (χ1) is 32.1. The first-order valence-corrected chi connectivity index (χ1v) is 22.9. The van der Waals surface area contributed by atoms with E-state index in [4.69, 9.17) is 41.4 Å². The Labute approximate surface area is 391 Å². The summed E-state index contributed by atoms with van der Waals surface area (Å²) in [6.45, 7) is 7.96. The number of rotatable bonds is 19. The zero-order valence-corrected chi connectivity index (χ0v) is 39.1. The number of nitrogens with one attached hydrogen (secondary N) is 1. The second kappa shape index (κ2) is 22.3. The molecule has 0 unspecified atom stereocenters. The number of carbonyl (C=O) groups is 5. The second-order valence-corrected chi connectivity index (χ2v) is 17.7. The second-order valence-electron chi connectivity index (χ2n) is 17.7. The Morgan fingerprint density at radius 3 is 2.12 bits per heavy atom. The summed E-state index contributed by atoms with van der Waals surface area (Å²) in [6.07, 6.45) is 1.60. The Hall–Kier alpha value is -6.54. The van der Waals surface area contributed by atoms with Crippen molar-refractivity contribution in [2.45, 2.75) is 96.7 Å². The van der Waals surface area contributed by atoms with Gasteiger partial charge in [0.2, 0.25) is 11.8 Å². The molecule has 16 heteroatoms. The summed E-state index contributed by atoms with van der Waals surface area (Å²) in [4.78, 5) is 81.9. The number of benzene rings is 3. The van der Waals surface area contributed by atoms with Crippen LogP contribution in [0.2, 0.25) is 0 Å². The maximum absolute atomic E-state index is 14.8. The molecular formula is C51H62N8O8. The third-order valence-corrected chi connectivity index (χ3v) is 12.3. The lowest BCUT2D eigenvalue weighted by Crippen LogP contribution is -2.46. The van der Waals surface area contributed by atoms with Gasteiger partial charge in [0.25, 0.3) is 0 Å². The van der Waals surface area contributed by atoms with Crippen LogP contribution in [0.15, 0.2) is 60.7 Å². The van der Waals surface area contributed by atoms with E-state index in [1.807, 2.05) is 36.4 Å². The van der Waals surface area contributed by atoms with E-state index < -0.39 is 41.5 Å². The molecule has 1 fully saturated rings. The predicted molar refractivity (Wildman–Crippen MR) is 252 cm³/mol. The van der Waals surface area contributed by atoms with Crippen LogP contribution in [0, 0.1) is 37.0 Å². The quantitative estimate of drug-likeness (QED) is 0.0874. The summed E-state index contributed by atoms with van der Waals surface area (Å²) < 4.78 is 18.3. The molecule has 3 aromatic carbocycles. The van der Waals surface area contributed by atoms with E-state index in [9.17, 15) is 29.2 Å². The van der Waals surface area contributed by atoms with Crippen molar-refractivity contribution < 1.29 is 38.2 Å². The molecule has 0 radical (unpaired) electrons. The molecular weight excluding hydrogens is 853 g/mol. The number of ketones is 3. The van der Waals surface area contributed by atoms with E-state index >= 15 is 0 Å². The molecule has 4 aromatic rings. The van der Waals surface area contributed by atoms with Gasteiger partial charge in [0, 0.05) is 74.3 Å². The van der Waals surface area contributed by atoms with Gasteiger partial charge in [-0.3, -0.25) is 24.0 Å². The number of aromatic nitrogens is 2. The van der Waals surface area contributed by atoms with Crippen LogP contribution in [-0.4, -0.2) is 95.6 Å². The Bertz CT molecular complexity index is 2490. The molecule has 1 aromatic heterocycles. The van der Waals surface area contributed by atoms with Crippen LogP contribution in [0.25, 0.3) is 22.5 Å². The minimum atomic E-state index is -1.25. The van der Waals surface area contributed by atoms with Gasteiger partial charge in [-0.2, -0.15) is 5.26 Å². The first kappa shape index (κ1) is 49.9. The molecule has 1 aliphatic heterocycles. The smallest absolute Gasteiger partial charge is 0.226 e. The number of Topliss-reactive ketones (excluding diaryl/α,β-unsaturated/α-hetero) is 3. The Balaban J connectivity index is 1.36. The molecule has 2 heterocycles. The highest BCUT2D eigenvalue weighted by atomic mass is 16.5. The Morgan fingerprint density at radius 1 is 0.896 bits per heavy atom. The van der Waals surface area contributed by atoms with Crippen molar-refractivity contribution in [3.8, 4) is 45.8 Å². The van der Waals surface area contributed by atoms with Crippen molar-refractivity contribution in [2.24, 2.45) is 29.0 Å². The zero-order valence-electron chi connectivity index (χ0n) is 39.1. The fourth-order valence-electron chi connectivity index (χ4n) is 8.45. The number of nitrogens with two attached hydrogens (primary N) is 3. The number of nitrogens with zero attached hydrogens (tertiary/aromatic N) is 4. The lowest BCUT2D eigenvalue weighted by Gasteiger charge is -2.32. The van der Waals surface area contributed by atoms with Gasteiger partial charge in [-0.05, 0) is 113 Å². The molecule has 2 amide bonds. The van der Waals surface area contributed by atoms with Crippen LogP contribution in [0.3, 0.4) is 0 Å². The van der Waals surface area contributed by atoms with Crippen LogP contribution < -0.4 is 36.7 Å². The van der Waals surface area contributed by atoms with Crippen molar-refractivity contribution in [2.75, 3.05) is 39.9 Å². The summed E-state index contributed by atoms with van der Waals surface area (Å²) >= 11 is 0. The van der Waals surface area contributed by atoms with Crippen molar-refractivity contribution in [1.29, 1.82) is 5.26 Å². The minimum absolute atomic E-state index is 0.0336.